The molecule has 10 heteroatoms. The van der Waals surface area contributed by atoms with Crippen molar-refractivity contribution in [2.45, 2.75) is 4.90 Å². The van der Waals surface area contributed by atoms with E-state index in [-0.39, 0.29) is 23.2 Å². The Balaban J connectivity index is 1.69. The first-order valence-corrected chi connectivity index (χ1v) is 10.5. The minimum absolute atomic E-state index is 0.0316. The van der Waals surface area contributed by atoms with Crippen molar-refractivity contribution in [2.24, 2.45) is 0 Å². The first-order chi connectivity index (χ1) is 15.4. The molecule has 0 saturated heterocycles. The van der Waals surface area contributed by atoms with Gasteiger partial charge in [0.05, 0.1) is 11.7 Å². The summed E-state index contributed by atoms with van der Waals surface area (Å²) in [5.41, 5.74) is 2.85. The third kappa shape index (κ3) is 3.87. The summed E-state index contributed by atoms with van der Waals surface area (Å²) in [6.45, 7) is -0.0316. The summed E-state index contributed by atoms with van der Waals surface area (Å²) in [6.07, 6.45) is 6.20. The van der Waals surface area contributed by atoms with Crippen molar-refractivity contribution in [1.29, 1.82) is 16.2 Å². The van der Waals surface area contributed by atoms with Crippen molar-refractivity contribution < 1.29 is 9.53 Å². The Morgan fingerprint density at radius 3 is 2.88 bits per heavy atom. The number of ether oxygens (including phenoxy) is 1. The largest absolute Gasteiger partial charge is 0.481 e. The fraction of sp³-hybridized carbons (Fsp3) is 0.136. The number of allylic oxidation sites excluding steroid dienone is 1. The van der Waals surface area contributed by atoms with E-state index in [9.17, 15) is 4.79 Å². The molecule has 1 aliphatic rings. The molecule has 0 spiro atoms. The number of nitrogens with one attached hydrogen (secondary N) is 4. The van der Waals surface area contributed by atoms with Gasteiger partial charge in [-0.3, -0.25) is 25.2 Å². The van der Waals surface area contributed by atoms with Crippen molar-refractivity contribution in [2.75, 3.05) is 25.6 Å². The van der Waals surface area contributed by atoms with Crippen molar-refractivity contribution in [1.82, 2.24) is 14.9 Å². The molecule has 0 bridgehead atoms. The van der Waals surface area contributed by atoms with Crippen LogP contribution in [0.15, 0.2) is 53.8 Å². The maximum absolute atomic E-state index is 11.9. The Hall–Kier alpha value is -3.92. The molecule has 0 fully saturated rings. The van der Waals surface area contributed by atoms with Gasteiger partial charge in [0.1, 0.15) is 11.2 Å². The number of nitrogens with zero attached hydrogens (tertiary/aromatic N) is 3. The van der Waals surface area contributed by atoms with E-state index in [0.717, 1.165) is 15.8 Å². The second-order valence-corrected chi connectivity index (χ2v) is 8.07. The predicted molar refractivity (Wildman–Crippen MR) is 126 cm³/mol. The maximum atomic E-state index is 11.9. The van der Waals surface area contributed by atoms with Crippen molar-refractivity contribution >= 4 is 51.2 Å². The molecule has 0 saturated carbocycles. The highest BCUT2D eigenvalue weighted by molar-refractivity contribution is 8.13. The van der Waals surface area contributed by atoms with Crippen LogP contribution in [-0.2, 0) is 4.79 Å². The number of anilines is 1. The average Bonchev–Trinajstić information content (AvgIpc) is 2.80. The molecular weight excluding hydrogens is 426 g/mol. The van der Waals surface area contributed by atoms with Crippen LogP contribution in [0.5, 0.6) is 5.75 Å². The van der Waals surface area contributed by atoms with Gasteiger partial charge >= 0.3 is 0 Å². The molecule has 0 radical (unpaired) electrons. The fourth-order valence-electron chi connectivity index (χ4n) is 3.32. The minimum Gasteiger partial charge on any atom is -0.481 e. The standard InChI is InChI=1S/C22H21N7O2S/c1-26-9-14(8-23)13-3-6-19(24)29(11-13)22(25)32-15-4-5-17-16(7-15)21-18(10-27-17)28(2)20(30)12-31-21/h3-11,23-26H,12H2,1-2H3/b14-9+,23-8?,24-19?,25-22?. The smallest absolute Gasteiger partial charge is 0.264 e. The first kappa shape index (κ1) is 21.3. The molecule has 0 aliphatic carbocycles. The summed E-state index contributed by atoms with van der Waals surface area (Å²) in [5.74, 6) is 0.455. The summed E-state index contributed by atoms with van der Waals surface area (Å²) in [5, 5.41) is 28.2. The number of pyridine rings is 2. The van der Waals surface area contributed by atoms with E-state index in [1.165, 1.54) is 27.4 Å². The van der Waals surface area contributed by atoms with Gasteiger partial charge < -0.3 is 20.4 Å². The summed E-state index contributed by atoms with van der Waals surface area (Å²) < 4.78 is 7.15. The van der Waals surface area contributed by atoms with Gasteiger partial charge in [0, 0.05) is 54.1 Å². The number of rotatable bonds is 4. The van der Waals surface area contributed by atoms with E-state index < -0.39 is 0 Å². The average molecular weight is 448 g/mol. The van der Waals surface area contributed by atoms with Gasteiger partial charge in [-0.25, -0.2) is 0 Å². The number of hydrogen-bond donors (Lipinski definition) is 4. The number of carbonyl (C=O) groups is 1. The lowest BCUT2D eigenvalue weighted by atomic mass is 10.1. The molecule has 0 unspecified atom stereocenters. The molecule has 162 valence electrons. The number of hydrogen-bond acceptors (Lipinski definition) is 8. The van der Waals surface area contributed by atoms with Crippen LogP contribution in [0.4, 0.5) is 5.69 Å². The molecule has 1 amide bonds. The van der Waals surface area contributed by atoms with E-state index in [2.05, 4.69) is 10.3 Å². The molecule has 32 heavy (non-hydrogen) atoms. The van der Waals surface area contributed by atoms with Crippen LogP contribution in [0.2, 0.25) is 0 Å². The molecule has 4 N–H and O–H groups in total. The quantitative estimate of drug-likeness (QED) is 0.277. The van der Waals surface area contributed by atoms with Crippen LogP contribution in [0.25, 0.3) is 16.5 Å². The Labute approximate surface area is 188 Å². The summed E-state index contributed by atoms with van der Waals surface area (Å²) in [6, 6.07) is 8.92. The maximum Gasteiger partial charge on any atom is 0.264 e. The Morgan fingerprint density at radius 2 is 2.12 bits per heavy atom. The SMILES string of the molecule is CN/C=C(\C=N)c1ccc(=N)n(C(=N)Sc2ccc3ncc4c(c3c2)OCC(=O)N4C)c1. The highest BCUT2D eigenvalue weighted by Gasteiger charge is 2.24. The number of thioether (sulfide) groups is 1. The van der Waals surface area contributed by atoms with Crippen molar-refractivity contribution in [3.63, 3.8) is 0 Å². The predicted octanol–water partition coefficient (Wildman–Crippen LogP) is 2.66. The lowest BCUT2D eigenvalue weighted by Gasteiger charge is -2.26. The summed E-state index contributed by atoms with van der Waals surface area (Å²) >= 11 is 1.19. The van der Waals surface area contributed by atoms with Crippen LogP contribution in [-0.4, -0.2) is 47.5 Å². The van der Waals surface area contributed by atoms with Crippen LogP contribution in [0, 0.1) is 16.2 Å². The highest BCUT2D eigenvalue weighted by Crippen LogP contribution is 2.38. The third-order valence-corrected chi connectivity index (χ3v) is 5.90. The van der Waals surface area contributed by atoms with Gasteiger partial charge in [0.2, 0.25) is 0 Å². The van der Waals surface area contributed by atoms with Crippen LogP contribution in [0.3, 0.4) is 0 Å². The van der Waals surface area contributed by atoms with Gasteiger partial charge in [-0.1, -0.05) is 11.8 Å². The van der Waals surface area contributed by atoms with Crippen LogP contribution >= 0.6 is 11.8 Å². The molecule has 0 atom stereocenters. The van der Waals surface area contributed by atoms with Gasteiger partial charge in [-0.15, -0.1) is 0 Å². The third-order valence-electron chi connectivity index (χ3n) is 5.02. The minimum atomic E-state index is -0.137. The summed E-state index contributed by atoms with van der Waals surface area (Å²) in [4.78, 5) is 18.7. The Kier molecular flexibility index (Phi) is 5.78. The van der Waals surface area contributed by atoms with E-state index in [1.807, 2.05) is 18.2 Å². The normalized spacial score (nSPS) is 13.5. The van der Waals surface area contributed by atoms with Crippen molar-refractivity contribution in [3.05, 3.63) is 60.0 Å². The number of aromatic nitrogens is 2. The second kappa shape index (κ2) is 8.67. The van der Waals surface area contributed by atoms with E-state index in [4.69, 9.17) is 21.0 Å². The zero-order chi connectivity index (χ0) is 22.8. The first-order valence-electron chi connectivity index (χ1n) is 9.67. The van der Waals surface area contributed by atoms with E-state index in [0.29, 0.717) is 22.6 Å². The lowest BCUT2D eigenvalue weighted by Crippen LogP contribution is -2.35. The van der Waals surface area contributed by atoms with E-state index in [1.54, 1.807) is 44.8 Å². The van der Waals surface area contributed by atoms with Gasteiger partial charge in [-0.05, 0) is 30.3 Å². The zero-order valence-electron chi connectivity index (χ0n) is 17.5. The molecule has 3 aromatic rings. The molecule has 1 aromatic carbocycles. The number of carbonyl (C=O) groups excluding carboxylic acids is 1. The Morgan fingerprint density at radius 1 is 1.31 bits per heavy atom. The van der Waals surface area contributed by atoms with Crippen LogP contribution in [0.1, 0.15) is 5.56 Å². The topological polar surface area (TPSA) is 131 Å². The monoisotopic (exact) mass is 447 g/mol. The van der Waals surface area contributed by atoms with Crippen LogP contribution < -0.4 is 20.4 Å². The van der Waals surface area contributed by atoms with Gasteiger partial charge in [0.25, 0.3) is 5.91 Å². The number of amides is 1. The fourth-order valence-corrected chi connectivity index (χ4v) is 4.11. The summed E-state index contributed by atoms with van der Waals surface area (Å²) in [7, 11) is 3.44. The number of fused-ring (bicyclic) bond motifs is 3. The molecule has 4 rings (SSSR count). The van der Waals surface area contributed by atoms with Crippen molar-refractivity contribution in [3.8, 4) is 5.75 Å². The van der Waals surface area contributed by atoms with Gasteiger partial charge in [-0.2, -0.15) is 0 Å². The molecular formula is C22H21N7O2S. The molecule has 3 heterocycles. The van der Waals surface area contributed by atoms with Gasteiger partial charge in [0.15, 0.2) is 17.5 Å². The zero-order valence-corrected chi connectivity index (χ0v) is 18.3. The lowest BCUT2D eigenvalue weighted by molar-refractivity contribution is -0.120. The molecule has 9 nitrogen and oxygen atoms in total. The molecule has 1 aliphatic heterocycles. The molecule has 2 aromatic heterocycles. The highest BCUT2D eigenvalue weighted by atomic mass is 32.2. The number of likely N-dealkylation sites (N-methyl/N-ethyl adjacent to an activating group) is 1. The second-order valence-electron chi connectivity index (χ2n) is 7.01. The number of benzene rings is 1. The van der Waals surface area contributed by atoms with E-state index >= 15 is 0 Å². The Bertz CT molecular complexity index is 1350.